The predicted molar refractivity (Wildman–Crippen MR) is 120 cm³/mol. The van der Waals surface area contributed by atoms with Gasteiger partial charge in [-0.3, -0.25) is 9.69 Å². The van der Waals surface area contributed by atoms with Crippen LogP contribution in [0.1, 0.15) is 5.56 Å². The SMILES string of the molecule is COCCN1C(=O)/C(=C/c2cc(OC)c(OC)cc2Br)SC1=Nc1ccccc1. The molecule has 1 saturated heterocycles. The standard InChI is InChI=1S/C21H21BrN2O4S/c1-26-10-9-24-20(25)19(29-21(24)23-15-7-5-4-6-8-15)12-14-11-17(27-2)18(28-3)13-16(14)22/h4-8,11-13H,9-10H2,1-3H3/b19-12-,23-21?. The highest BCUT2D eigenvalue weighted by molar-refractivity contribution is 9.10. The number of hydrogen-bond acceptors (Lipinski definition) is 6. The quantitative estimate of drug-likeness (QED) is 0.541. The molecule has 1 fully saturated rings. The Bertz CT molecular complexity index is 947. The molecule has 0 bridgehead atoms. The molecule has 0 aliphatic carbocycles. The Balaban J connectivity index is 1.98. The molecule has 152 valence electrons. The van der Waals surface area contributed by atoms with Crippen molar-refractivity contribution in [2.24, 2.45) is 4.99 Å². The van der Waals surface area contributed by atoms with Gasteiger partial charge in [0.1, 0.15) is 0 Å². The maximum atomic E-state index is 13.0. The molecular formula is C21H21BrN2O4S. The van der Waals surface area contributed by atoms with Crippen LogP contribution in [0.4, 0.5) is 5.69 Å². The first-order chi connectivity index (χ1) is 14.1. The molecule has 2 aromatic carbocycles. The van der Waals surface area contributed by atoms with Gasteiger partial charge in [0.25, 0.3) is 5.91 Å². The van der Waals surface area contributed by atoms with E-state index in [0.717, 1.165) is 15.7 Å². The number of rotatable bonds is 7. The molecule has 0 atom stereocenters. The third kappa shape index (κ3) is 5.01. The number of ether oxygens (including phenoxy) is 3. The summed E-state index contributed by atoms with van der Waals surface area (Å²) in [6.07, 6.45) is 1.83. The molecule has 1 amide bonds. The third-order valence-electron chi connectivity index (χ3n) is 4.18. The molecule has 6 nitrogen and oxygen atoms in total. The molecule has 1 heterocycles. The minimum absolute atomic E-state index is 0.108. The molecule has 2 aromatic rings. The fraction of sp³-hybridized carbons (Fsp3) is 0.238. The second-order valence-electron chi connectivity index (χ2n) is 6.02. The van der Waals surface area contributed by atoms with Crippen molar-refractivity contribution in [1.29, 1.82) is 0 Å². The molecule has 29 heavy (non-hydrogen) atoms. The van der Waals surface area contributed by atoms with Crippen LogP contribution in [-0.4, -0.2) is 50.5 Å². The monoisotopic (exact) mass is 476 g/mol. The number of hydrogen-bond donors (Lipinski definition) is 0. The fourth-order valence-corrected chi connectivity index (χ4v) is 4.16. The van der Waals surface area contributed by atoms with E-state index in [1.807, 2.05) is 48.5 Å². The van der Waals surface area contributed by atoms with Crippen molar-refractivity contribution in [2.45, 2.75) is 0 Å². The number of carbonyl (C=O) groups is 1. The van der Waals surface area contributed by atoms with E-state index in [4.69, 9.17) is 14.2 Å². The summed E-state index contributed by atoms with van der Waals surface area (Å²) in [6, 6.07) is 13.2. The highest BCUT2D eigenvalue weighted by atomic mass is 79.9. The zero-order valence-corrected chi connectivity index (χ0v) is 18.7. The number of thioether (sulfide) groups is 1. The van der Waals surface area contributed by atoms with Gasteiger partial charge in [-0.05, 0) is 47.7 Å². The van der Waals surface area contributed by atoms with Gasteiger partial charge in [-0.25, -0.2) is 4.99 Å². The van der Waals surface area contributed by atoms with Gasteiger partial charge in [-0.15, -0.1) is 0 Å². The van der Waals surface area contributed by atoms with E-state index in [9.17, 15) is 4.79 Å². The average Bonchev–Trinajstić information content (AvgIpc) is 3.02. The second kappa shape index (κ2) is 9.96. The number of benzene rings is 2. The summed E-state index contributed by atoms with van der Waals surface area (Å²) in [6.45, 7) is 0.853. The van der Waals surface area contributed by atoms with Crippen molar-refractivity contribution < 1.29 is 19.0 Å². The van der Waals surface area contributed by atoms with Gasteiger partial charge < -0.3 is 14.2 Å². The van der Waals surface area contributed by atoms with Crippen molar-refractivity contribution in [1.82, 2.24) is 4.90 Å². The molecule has 8 heteroatoms. The average molecular weight is 477 g/mol. The number of nitrogens with zero attached hydrogens (tertiary/aromatic N) is 2. The van der Waals surface area contributed by atoms with Crippen molar-refractivity contribution in [3.8, 4) is 11.5 Å². The lowest BCUT2D eigenvalue weighted by molar-refractivity contribution is -0.122. The molecule has 0 spiro atoms. The number of amidine groups is 1. The summed E-state index contributed by atoms with van der Waals surface area (Å²) in [5.74, 6) is 1.09. The third-order valence-corrected chi connectivity index (χ3v) is 5.87. The summed E-state index contributed by atoms with van der Waals surface area (Å²) in [4.78, 5) is 19.9. The minimum Gasteiger partial charge on any atom is -0.493 e. The number of carbonyl (C=O) groups excluding carboxylic acids is 1. The van der Waals surface area contributed by atoms with Gasteiger partial charge in [0.2, 0.25) is 0 Å². The van der Waals surface area contributed by atoms with Crippen molar-refractivity contribution >= 4 is 50.5 Å². The van der Waals surface area contributed by atoms with E-state index in [2.05, 4.69) is 20.9 Å². The first kappa shape index (κ1) is 21.4. The molecule has 0 radical (unpaired) electrons. The normalized spacial score (nSPS) is 16.7. The van der Waals surface area contributed by atoms with Gasteiger partial charge in [-0.2, -0.15) is 0 Å². The van der Waals surface area contributed by atoms with Crippen molar-refractivity contribution in [3.63, 3.8) is 0 Å². The van der Waals surface area contributed by atoms with E-state index >= 15 is 0 Å². The topological polar surface area (TPSA) is 60.4 Å². The van der Waals surface area contributed by atoms with Gasteiger partial charge in [0.05, 0.1) is 38.0 Å². The molecule has 0 aromatic heterocycles. The van der Waals surface area contributed by atoms with Gasteiger partial charge in [0.15, 0.2) is 16.7 Å². The second-order valence-corrected chi connectivity index (χ2v) is 7.88. The number of para-hydroxylation sites is 1. The number of methoxy groups -OCH3 is 3. The zero-order chi connectivity index (χ0) is 20.8. The van der Waals surface area contributed by atoms with Crippen LogP contribution in [0.25, 0.3) is 6.08 Å². The van der Waals surface area contributed by atoms with Crippen molar-refractivity contribution in [3.05, 3.63) is 57.4 Å². The lowest BCUT2D eigenvalue weighted by Gasteiger charge is -2.14. The molecule has 0 saturated carbocycles. The Morgan fingerprint density at radius 3 is 2.45 bits per heavy atom. The maximum absolute atomic E-state index is 13.0. The Morgan fingerprint density at radius 2 is 1.79 bits per heavy atom. The Labute approximate surface area is 182 Å². The van der Waals surface area contributed by atoms with E-state index < -0.39 is 0 Å². The summed E-state index contributed by atoms with van der Waals surface area (Å²) >= 11 is 4.88. The van der Waals surface area contributed by atoms with Crippen LogP contribution in [0, 0.1) is 0 Å². The summed E-state index contributed by atoms with van der Waals surface area (Å²) in [5, 5.41) is 0.626. The summed E-state index contributed by atoms with van der Waals surface area (Å²) in [7, 11) is 4.77. The number of amides is 1. The first-order valence-corrected chi connectivity index (χ1v) is 10.4. The highest BCUT2D eigenvalue weighted by Gasteiger charge is 2.33. The predicted octanol–water partition coefficient (Wildman–Crippen LogP) is 4.72. The minimum atomic E-state index is -0.108. The summed E-state index contributed by atoms with van der Waals surface area (Å²) in [5.41, 5.74) is 1.60. The zero-order valence-electron chi connectivity index (χ0n) is 16.3. The first-order valence-electron chi connectivity index (χ1n) is 8.83. The Kier molecular flexibility index (Phi) is 7.35. The van der Waals surface area contributed by atoms with Crippen LogP contribution in [-0.2, 0) is 9.53 Å². The van der Waals surface area contributed by atoms with E-state index in [-0.39, 0.29) is 5.91 Å². The van der Waals surface area contributed by atoms with Crippen LogP contribution < -0.4 is 9.47 Å². The Hall–Kier alpha value is -2.29. The number of halogens is 1. The van der Waals surface area contributed by atoms with Crippen LogP contribution >= 0.6 is 27.7 Å². The van der Waals surface area contributed by atoms with Gasteiger partial charge >= 0.3 is 0 Å². The van der Waals surface area contributed by atoms with E-state index in [1.165, 1.54) is 11.8 Å². The van der Waals surface area contributed by atoms with Crippen molar-refractivity contribution in [2.75, 3.05) is 34.5 Å². The molecule has 0 unspecified atom stereocenters. The lowest BCUT2D eigenvalue weighted by Crippen LogP contribution is -2.32. The maximum Gasteiger partial charge on any atom is 0.266 e. The molecule has 0 N–H and O–H groups in total. The number of aliphatic imine (C=N–C) groups is 1. The van der Waals surface area contributed by atoms with Crippen LogP contribution in [0.15, 0.2) is 56.8 Å². The molecule has 1 aliphatic rings. The largest absolute Gasteiger partial charge is 0.493 e. The molecule has 1 aliphatic heterocycles. The van der Waals surface area contributed by atoms with Gasteiger partial charge in [0, 0.05) is 11.6 Å². The fourth-order valence-electron chi connectivity index (χ4n) is 2.71. The van der Waals surface area contributed by atoms with E-state index in [1.54, 1.807) is 26.2 Å². The lowest BCUT2D eigenvalue weighted by atomic mass is 10.2. The summed E-state index contributed by atoms with van der Waals surface area (Å²) < 4.78 is 16.7. The highest BCUT2D eigenvalue weighted by Crippen LogP contribution is 2.38. The van der Waals surface area contributed by atoms with Crippen LogP contribution in [0.3, 0.4) is 0 Å². The molecular weight excluding hydrogens is 456 g/mol. The van der Waals surface area contributed by atoms with E-state index in [0.29, 0.717) is 34.7 Å². The molecule has 3 rings (SSSR count). The van der Waals surface area contributed by atoms with Gasteiger partial charge in [-0.1, -0.05) is 34.1 Å². The van der Waals surface area contributed by atoms with Crippen LogP contribution in [0.2, 0.25) is 0 Å². The van der Waals surface area contributed by atoms with Crippen LogP contribution in [0.5, 0.6) is 11.5 Å². The Morgan fingerprint density at radius 1 is 1.10 bits per heavy atom. The smallest absolute Gasteiger partial charge is 0.266 e.